The van der Waals surface area contributed by atoms with Crippen LogP contribution < -0.4 is 5.73 Å². The molecule has 1 fully saturated rings. The molecule has 0 aromatic heterocycles. The first-order valence-electron chi connectivity index (χ1n) is 5.63. The second-order valence-corrected chi connectivity index (χ2v) is 5.55. The molecule has 0 radical (unpaired) electrons. The van der Waals surface area contributed by atoms with Crippen molar-refractivity contribution in [3.05, 3.63) is 23.8 Å². The van der Waals surface area contributed by atoms with Gasteiger partial charge in [-0.05, 0) is 31.5 Å². The molecule has 2 N–H and O–H groups in total. The standard InChI is InChI=1S/C12H14F3NOS/c1-7-10(4-5-17-7)18-11-3-2-8(6-9(11)16)12(13,14)15/h2-3,6-7,10H,4-5,16H2,1H3. The van der Waals surface area contributed by atoms with Gasteiger partial charge in [0, 0.05) is 22.4 Å². The fourth-order valence-electron chi connectivity index (χ4n) is 1.86. The summed E-state index contributed by atoms with van der Waals surface area (Å²) in [6, 6.07) is 3.50. The summed E-state index contributed by atoms with van der Waals surface area (Å²) in [6.07, 6.45) is -3.34. The first kappa shape index (κ1) is 13.5. The van der Waals surface area contributed by atoms with Crippen LogP contribution in [0.2, 0.25) is 0 Å². The van der Waals surface area contributed by atoms with Crippen LogP contribution in [0.15, 0.2) is 23.1 Å². The van der Waals surface area contributed by atoms with Crippen molar-refractivity contribution in [1.82, 2.24) is 0 Å². The van der Waals surface area contributed by atoms with Gasteiger partial charge in [-0.2, -0.15) is 13.2 Å². The number of thioether (sulfide) groups is 1. The van der Waals surface area contributed by atoms with Crippen LogP contribution in [-0.2, 0) is 10.9 Å². The molecule has 18 heavy (non-hydrogen) atoms. The van der Waals surface area contributed by atoms with Crippen molar-refractivity contribution in [1.29, 1.82) is 0 Å². The lowest BCUT2D eigenvalue weighted by Crippen LogP contribution is -2.13. The zero-order chi connectivity index (χ0) is 13.3. The molecule has 2 nitrogen and oxygen atoms in total. The monoisotopic (exact) mass is 277 g/mol. The molecule has 6 heteroatoms. The van der Waals surface area contributed by atoms with Crippen LogP contribution >= 0.6 is 11.8 Å². The molecule has 1 aromatic rings. The molecule has 2 atom stereocenters. The fraction of sp³-hybridized carbons (Fsp3) is 0.500. The summed E-state index contributed by atoms with van der Waals surface area (Å²) in [5.74, 6) is 0. The summed E-state index contributed by atoms with van der Waals surface area (Å²) in [4.78, 5) is 0.686. The molecule has 100 valence electrons. The quantitative estimate of drug-likeness (QED) is 0.840. The molecule has 0 spiro atoms. The lowest BCUT2D eigenvalue weighted by molar-refractivity contribution is -0.137. The Labute approximate surface area is 108 Å². The van der Waals surface area contributed by atoms with E-state index in [-0.39, 0.29) is 17.0 Å². The van der Waals surface area contributed by atoms with E-state index < -0.39 is 11.7 Å². The summed E-state index contributed by atoms with van der Waals surface area (Å²) in [6.45, 7) is 2.66. The van der Waals surface area contributed by atoms with Crippen LogP contribution in [0.25, 0.3) is 0 Å². The highest BCUT2D eigenvalue weighted by atomic mass is 32.2. The van der Waals surface area contributed by atoms with Gasteiger partial charge in [0.1, 0.15) is 0 Å². The van der Waals surface area contributed by atoms with E-state index in [4.69, 9.17) is 10.5 Å². The van der Waals surface area contributed by atoms with Gasteiger partial charge in [-0.1, -0.05) is 0 Å². The molecule has 1 heterocycles. The van der Waals surface area contributed by atoms with Gasteiger partial charge < -0.3 is 10.5 Å². The summed E-state index contributed by atoms with van der Waals surface area (Å²) in [5.41, 5.74) is 5.15. The Balaban J connectivity index is 2.15. The van der Waals surface area contributed by atoms with Crippen LogP contribution in [0.3, 0.4) is 0 Å². The third kappa shape index (κ3) is 2.92. The maximum absolute atomic E-state index is 12.5. The number of hydrogen-bond acceptors (Lipinski definition) is 3. The van der Waals surface area contributed by atoms with E-state index >= 15 is 0 Å². The molecule has 1 aliphatic rings. The maximum atomic E-state index is 12.5. The number of alkyl halides is 3. The van der Waals surface area contributed by atoms with Gasteiger partial charge in [-0.3, -0.25) is 0 Å². The highest BCUT2D eigenvalue weighted by molar-refractivity contribution is 8.00. The Morgan fingerprint density at radius 1 is 1.39 bits per heavy atom. The third-order valence-corrected chi connectivity index (χ3v) is 4.47. The summed E-state index contributed by atoms with van der Waals surface area (Å²) in [5, 5.41) is 0.254. The smallest absolute Gasteiger partial charge is 0.398 e. The van der Waals surface area contributed by atoms with E-state index in [1.807, 2.05) is 6.92 Å². The molecule has 1 aromatic carbocycles. The average Bonchev–Trinajstić information content (AvgIpc) is 2.66. The largest absolute Gasteiger partial charge is 0.416 e. The van der Waals surface area contributed by atoms with Crippen molar-refractivity contribution >= 4 is 17.4 Å². The van der Waals surface area contributed by atoms with Crippen LogP contribution in [0.1, 0.15) is 18.9 Å². The van der Waals surface area contributed by atoms with Crippen molar-refractivity contribution in [3.8, 4) is 0 Å². The number of anilines is 1. The summed E-state index contributed by atoms with van der Waals surface area (Å²) in [7, 11) is 0. The van der Waals surface area contributed by atoms with E-state index in [1.54, 1.807) is 0 Å². The number of halogens is 3. The predicted octanol–water partition coefficient (Wildman–Crippen LogP) is 3.56. The number of ether oxygens (including phenoxy) is 1. The molecule has 0 amide bonds. The van der Waals surface area contributed by atoms with Crippen molar-refractivity contribution in [2.45, 2.75) is 35.8 Å². The minimum Gasteiger partial charge on any atom is -0.398 e. The lowest BCUT2D eigenvalue weighted by atomic mass is 10.2. The number of nitrogen functional groups attached to an aromatic ring is 1. The average molecular weight is 277 g/mol. The van der Waals surface area contributed by atoms with Crippen molar-refractivity contribution in [2.24, 2.45) is 0 Å². The second-order valence-electron chi connectivity index (χ2n) is 4.27. The number of benzene rings is 1. The van der Waals surface area contributed by atoms with E-state index in [9.17, 15) is 13.2 Å². The van der Waals surface area contributed by atoms with Gasteiger partial charge in [0.15, 0.2) is 0 Å². The molecule has 0 aliphatic carbocycles. The van der Waals surface area contributed by atoms with Gasteiger partial charge in [0.05, 0.1) is 11.7 Å². The molecule has 1 saturated heterocycles. The van der Waals surface area contributed by atoms with Gasteiger partial charge in [0.25, 0.3) is 0 Å². The Kier molecular flexibility index (Phi) is 3.77. The van der Waals surface area contributed by atoms with E-state index in [2.05, 4.69) is 0 Å². The van der Waals surface area contributed by atoms with Crippen molar-refractivity contribution in [3.63, 3.8) is 0 Å². The fourth-order valence-corrected chi connectivity index (χ4v) is 3.01. The van der Waals surface area contributed by atoms with Gasteiger partial charge in [0.2, 0.25) is 0 Å². The number of rotatable bonds is 2. The SMILES string of the molecule is CC1OCCC1Sc1ccc(C(F)(F)F)cc1N. The van der Waals surface area contributed by atoms with Crippen molar-refractivity contribution < 1.29 is 17.9 Å². The zero-order valence-corrected chi connectivity index (χ0v) is 10.6. The maximum Gasteiger partial charge on any atom is 0.416 e. The Morgan fingerprint density at radius 3 is 2.61 bits per heavy atom. The number of hydrogen-bond donors (Lipinski definition) is 1. The first-order valence-corrected chi connectivity index (χ1v) is 6.51. The minimum absolute atomic E-state index is 0.108. The van der Waals surface area contributed by atoms with E-state index in [0.29, 0.717) is 11.5 Å². The summed E-state index contributed by atoms with van der Waals surface area (Å²) >= 11 is 1.49. The molecule has 0 saturated carbocycles. The Bertz CT molecular complexity index is 436. The van der Waals surface area contributed by atoms with Crippen LogP contribution in [-0.4, -0.2) is 18.0 Å². The van der Waals surface area contributed by atoms with Crippen LogP contribution in [0.5, 0.6) is 0 Å². The first-order chi connectivity index (χ1) is 8.38. The van der Waals surface area contributed by atoms with E-state index in [1.165, 1.54) is 17.8 Å². The Morgan fingerprint density at radius 2 is 2.11 bits per heavy atom. The van der Waals surface area contributed by atoms with Crippen LogP contribution in [0.4, 0.5) is 18.9 Å². The van der Waals surface area contributed by atoms with E-state index in [0.717, 1.165) is 18.6 Å². The molecule has 1 aliphatic heterocycles. The Hall–Kier alpha value is -0.880. The molecule has 2 rings (SSSR count). The van der Waals surface area contributed by atoms with Crippen LogP contribution in [0, 0.1) is 0 Å². The summed E-state index contributed by atoms with van der Waals surface area (Å²) < 4.78 is 42.9. The van der Waals surface area contributed by atoms with Gasteiger partial charge in [-0.25, -0.2) is 0 Å². The molecular weight excluding hydrogens is 263 g/mol. The molecule has 2 unspecified atom stereocenters. The van der Waals surface area contributed by atoms with Gasteiger partial charge >= 0.3 is 6.18 Å². The highest BCUT2D eigenvalue weighted by Gasteiger charge is 2.31. The predicted molar refractivity (Wildman–Crippen MR) is 65.5 cm³/mol. The van der Waals surface area contributed by atoms with Crippen molar-refractivity contribution in [2.75, 3.05) is 12.3 Å². The third-order valence-electron chi connectivity index (χ3n) is 2.92. The normalized spacial score (nSPS) is 24.4. The second kappa shape index (κ2) is 5.01. The minimum atomic E-state index is -4.35. The molecule has 0 bridgehead atoms. The zero-order valence-electron chi connectivity index (χ0n) is 9.83. The lowest BCUT2D eigenvalue weighted by Gasteiger charge is -2.16. The van der Waals surface area contributed by atoms with Gasteiger partial charge in [-0.15, -0.1) is 11.8 Å². The molecular formula is C12H14F3NOS. The highest BCUT2D eigenvalue weighted by Crippen LogP contribution is 2.38. The topological polar surface area (TPSA) is 35.2 Å². The number of nitrogens with two attached hydrogens (primary N) is 1.